The average Bonchev–Trinajstić information content (AvgIpc) is 3.16. The Balaban J connectivity index is 1.42. The Morgan fingerprint density at radius 2 is 2.05 bits per heavy atom. The highest BCUT2D eigenvalue weighted by Crippen LogP contribution is 2.27. The predicted molar refractivity (Wildman–Crippen MR) is 88.9 cm³/mol. The van der Waals surface area contributed by atoms with Crippen molar-refractivity contribution in [2.45, 2.75) is 12.6 Å². The maximum atomic E-state index is 11.6. The number of hydrogen-bond donors (Lipinski definition) is 1. The summed E-state index contributed by atoms with van der Waals surface area (Å²) in [5, 5.41) is 5.17. The van der Waals surface area contributed by atoms with Crippen molar-refractivity contribution in [1.82, 2.24) is 15.1 Å². The lowest BCUT2D eigenvalue weighted by atomic mass is 10.1. The van der Waals surface area contributed by atoms with Gasteiger partial charge in [0, 0.05) is 37.6 Å². The third kappa shape index (κ3) is 2.62. The fourth-order valence-electron chi connectivity index (χ4n) is 3.28. The number of rotatable bonds is 3. The van der Waals surface area contributed by atoms with Gasteiger partial charge in [0.25, 0.3) is 0 Å². The zero-order chi connectivity index (χ0) is 14.9. The van der Waals surface area contributed by atoms with Crippen molar-refractivity contribution in [3.8, 4) is 11.1 Å². The molecule has 1 N–H and O–H groups in total. The van der Waals surface area contributed by atoms with Gasteiger partial charge in [-0.15, -0.1) is 11.3 Å². The molecule has 0 radical (unpaired) electrons. The van der Waals surface area contributed by atoms with Gasteiger partial charge in [-0.3, -0.25) is 4.90 Å². The van der Waals surface area contributed by atoms with Gasteiger partial charge in [-0.1, -0.05) is 30.3 Å². The molecule has 2 saturated heterocycles. The van der Waals surface area contributed by atoms with Crippen LogP contribution < -0.4 is 5.32 Å². The molecule has 1 aromatic carbocycles. The number of benzene rings is 1. The summed E-state index contributed by atoms with van der Waals surface area (Å²) >= 11 is 1.83. The molecular weight excluding hydrogens is 294 g/mol. The molecule has 3 heterocycles. The van der Waals surface area contributed by atoms with Crippen LogP contribution in [0.1, 0.15) is 4.88 Å². The summed E-state index contributed by atoms with van der Waals surface area (Å²) in [7, 11) is 0. The van der Waals surface area contributed by atoms with Crippen LogP contribution in [0.4, 0.5) is 4.79 Å². The van der Waals surface area contributed by atoms with Crippen LogP contribution in [0, 0.1) is 0 Å². The molecule has 0 spiro atoms. The van der Waals surface area contributed by atoms with Crippen LogP contribution in [-0.2, 0) is 6.54 Å². The van der Waals surface area contributed by atoms with Gasteiger partial charge in [-0.05, 0) is 22.6 Å². The topological polar surface area (TPSA) is 35.6 Å². The molecule has 0 unspecified atom stereocenters. The van der Waals surface area contributed by atoms with Crippen LogP contribution in [0.25, 0.3) is 11.1 Å². The minimum Gasteiger partial charge on any atom is -0.336 e. The van der Waals surface area contributed by atoms with Crippen LogP contribution in [0.15, 0.2) is 41.8 Å². The van der Waals surface area contributed by atoms with Crippen molar-refractivity contribution in [3.63, 3.8) is 0 Å². The number of carbonyl (C=O) groups excluding carboxylic acids is 1. The molecule has 4 nitrogen and oxygen atoms in total. The lowest BCUT2D eigenvalue weighted by Crippen LogP contribution is -2.51. The first-order valence-electron chi connectivity index (χ1n) is 7.69. The molecule has 2 aliphatic rings. The molecule has 2 aliphatic heterocycles. The first-order valence-corrected chi connectivity index (χ1v) is 8.57. The Bertz CT molecular complexity index is 670. The van der Waals surface area contributed by atoms with Crippen molar-refractivity contribution in [2.24, 2.45) is 0 Å². The molecule has 114 valence electrons. The van der Waals surface area contributed by atoms with Crippen LogP contribution in [0.5, 0.6) is 0 Å². The summed E-state index contributed by atoms with van der Waals surface area (Å²) in [6.45, 7) is 4.54. The van der Waals surface area contributed by atoms with Crippen molar-refractivity contribution in [3.05, 3.63) is 46.7 Å². The number of urea groups is 1. The molecule has 0 bridgehead atoms. The maximum absolute atomic E-state index is 11.6. The third-order valence-corrected chi connectivity index (χ3v) is 5.38. The summed E-state index contributed by atoms with van der Waals surface area (Å²) in [6, 6.07) is 13.3. The van der Waals surface area contributed by atoms with Crippen LogP contribution in [-0.4, -0.2) is 48.1 Å². The largest absolute Gasteiger partial charge is 0.336 e. The third-order valence-electron chi connectivity index (χ3n) is 4.46. The summed E-state index contributed by atoms with van der Waals surface area (Å²) in [5.74, 6) is 0. The van der Waals surface area contributed by atoms with Gasteiger partial charge >= 0.3 is 6.03 Å². The molecule has 2 amide bonds. The Labute approximate surface area is 134 Å². The molecular formula is C17H19N3OS. The smallest absolute Gasteiger partial charge is 0.317 e. The van der Waals surface area contributed by atoms with Gasteiger partial charge < -0.3 is 10.2 Å². The van der Waals surface area contributed by atoms with E-state index in [0.717, 1.165) is 32.7 Å². The van der Waals surface area contributed by atoms with Crippen LogP contribution >= 0.6 is 11.3 Å². The van der Waals surface area contributed by atoms with E-state index in [9.17, 15) is 4.79 Å². The summed E-state index contributed by atoms with van der Waals surface area (Å²) in [5.41, 5.74) is 2.58. The minimum absolute atomic E-state index is 0.104. The zero-order valence-electron chi connectivity index (χ0n) is 12.4. The van der Waals surface area contributed by atoms with E-state index in [4.69, 9.17) is 0 Å². The quantitative estimate of drug-likeness (QED) is 0.945. The summed E-state index contributed by atoms with van der Waals surface area (Å²) < 4.78 is 0. The van der Waals surface area contributed by atoms with Gasteiger partial charge in [-0.25, -0.2) is 4.79 Å². The SMILES string of the molecule is O=C1NC[C@H]2CN(Cc3cc(-c4ccccc4)cs3)CCN12. The molecule has 5 heteroatoms. The highest BCUT2D eigenvalue weighted by Gasteiger charge is 2.35. The Morgan fingerprint density at radius 1 is 1.18 bits per heavy atom. The highest BCUT2D eigenvalue weighted by atomic mass is 32.1. The number of carbonyl (C=O) groups is 1. The maximum Gasteiger partial charge on any atom is 0.317 e. The molecule has 0 saturated carbocycles. The summed E-state index contributed by atoms with van der Waals surface area (Å²) in [4.78, 5) is 17.5. The first-order chi connectivity index (χ1) is 10.8. The fourth-order valence-corrected chi connectivity index (χ4v) is 4.21. The Hall–Kier alpha value is -1.85. The van der Waals surface area contributed by atoms with E-state index in [1.165, 1.54) is 16.0 Å². The first kappa shape index (κ1) is 13.8. The van der Waals surface area contributed by atoms with E-state index in [1.807, 2.05) is 22.3 Å². The van der Waals surface area contributed by atoms with E-state index in [0.29, 0.717) is 6.04 Å². The second-order valence-electron chi connectivity index (χ2n) is 5.94. The highest BCUT2D eigenvalue weighted by molar-refractivity contribution is 7.10. The van der Waals surface area contributed by atoms with Gasteiger partial charge in [-0.2, -0.15) is 0 Å². The van der Waals surface area contributed by atoms with Gasteiger partial charge in [0.05, 0.1) is 6.04 Å². The molecule has 22 heavy (non-hydrogen) atoms. The molecule has 2 fully saturated rings. The number of fused-ring (bicyclic) bond motifs is 1. The molecule has 4 rings (SSSR count). The lowest BCUT2D eigenvalue weighted by molar-refractivity contribution is 0.117. The Morgan fingerprint density at radius 3 is 2.91 bits per heavy atom. The van der Waals surface area contributed by atoms with Crippen LogP contribution in [0.2, 0.25) is 0 Å². The molecule has 0 aliphatic carbocycles. The van der Waals surface area contributed by atoms with Crippen molar-refractivity contribution in [1.29, 1.82) is 0 Å². The standard InChI is InChI=1S/C17H19N3OS/c21-17-18-9-15-10-19(6-7-20(15)17)11-16-8-14(12-22-16)13-4-2-1-3-5-13/h1-5,8,12,15H,6-7,9-11H2,(H,18,21)/t15-/m0/s1. The van der Waals surface area contributed by atoms with Crippen molar-refractivity contribution < 1.29 is 4.79 Å². The monoisotopic (exact) mass is 313 g/mol. The van der Waals surface area contributed by atoms with E-state index in [2.05, 4.69) is 45.9 Å². The second-order valence-corrected chi connectivity index (χ2v) is 6.93. The molecule has 2 aromatic rings. The lowest BCUT2D eigenvalue weighted by Gasteiger charge is -2.36. The van der Waals surface area contributed by atoms with Gasteiger partial charge in [0.15, 0.2) is 0 Å². The molecule has 1 atom stereocenters. The number of hydrogen-bond acceptors (Lipinski definition) is 3. The van der Waals surface area contributed by atoms with E-state index < -0.39 is 0 Å². The van der Waals surface area contributed by atoms with Gasteiger partial charge in [0.2, 0.25) is 0 Å². The number of thiophene rings is 1. The zero-order valence-corrected chi connectivity index (χ0v) is 13.2. The number of piperazine rings is 1. The number of nitrogens with zero attached hydrogens (tertiary/aromatic N) is 2. The second kappa shape index (κ2) is 5.74. The van der Waals surface area contributed by atoms with E-state index >= 15 is 0 Å². The number of nitrogens with one attached hydrogen (secondary N) is 1. The van der Waals surface area contributed by atoms with Crippen molar-refractivity contribution in [2.75, 3.05) is 26.2 Å². The predicted octanol–water partition coefficient (Wildman–Crippen LogP) is 2.62. The summed E-state index contributed by atoms with van der Waals surface area (Å²) in [6.07, 6.45) is 0. The average molecular weight is 313 g/mol. The van der Waals surface area contributed by atoms with Gasteiger partial charge in [0.1, 0.15) is 0 Å². The number of amides is 2. The van der Waals surface area contributed by atoms with Crippen LogP contribution in [0.3, 0.4) is 0 Å². The van der Waals surface area contributed by atoms with E-state index in [-0.39, 0.29) is 6.03 Å². The Kier molecular flexibility index (Phi) is 3.60. The normalized spacial score (nSPS) is 21.7. The fraction of sp³-hybridized carbons (Fsp3) is 0.353. The molecule has 1 aromatic heterocycles. The minimum atomic E-state index is 0.104. The van der Waals surface area contributed by atoms with E-state index in [1.54, 1.807) is 0 Å². The van der Waals surface area contributed by atoms with Crippen molar-refractivity contribution >= 4 is 17.4 Å².